The van der Waals surface area contributed by atoms with Gasteiger partial charge >= 0.3 is 0 Å². The van der Waals surface area contributed by atoms with Crippen LogP contribution in [0.15, 0.2) is 30.3 Å². The van der Waals surface area contributed by atoms with Crippen LogP contribution in [0.1, 0.15) is 27.5 Å². The van der Waals surface area contributed by atoms with Gasteiger partial charge in [0.05, 0.1) is 18.2 Å². The molecule has 0 radical (unpaired) electrons. The number of halogens is 4. The van der Waals surface area contributed by atoms with Gasteiger partial charge in [-0.2, -0.15) is 0 Å². The second-order valence-corrected chi connectivity index (χ2v) is 4.99. The molecule has 1 amide bonds. The molecule has 0 aromatic heterocycles. The second kappa shape index (κ2) is 6.78. The van der Waals surface area contributed by atoms with Gasteiger partial charge in [0, 0.05) is 0 Å². The maximum atomic E-state index is 13.7. The molecule has 23 heavy (non-hydrogen) atoms. The Morgan fingerprint density at radius 3 is 2.26 bits per heavy atom. The zero-order valence-corrected chi connectivity index (χ0v) is 12.0. The first kappa shape index (κ1) is 17.0. The Kier molecular flexibility index (Phi) is 5.00. The van der Waals surface area contributed by atoms with Gasteiger partial charge in [-0.3, -0.25) is 4.79 Å². The first-order valence-electron chi connectivity index (χ1n) is 6.65. The number of hydrogen-bond donors (Lipinski definition) is 2. The number of carbonyl (C=O) groups excluding carboxylic acids is 1. The van der Waals surface area contributed by atoms with Crippen LogP contribution in [0.5, 0.6) is 0 Å². The lowest BCUT2D eigenvalue weighted by Crippen LogP contribution is -2.31. The Bertz CT molecular complexity index is 726. The predicted octanol–water partition coefficient (Wildman–Crippen LogP) is 3.01. The highest BCUT2D eigenvalue weighted by Crippen LogP contribution is 2.20. The summed E-state index contributed by atoms with van der Waals surface area (Å²) < 4.78 is 53.1. The quantitative estimate of drug-likeness (QED) is 0.670. The number of aryl methyl sites for hydroxylation is 1. The minimum Gasteiger partial charge on any atom is -0.394 e. The maximum absolute atomic E-state index is 13.7. The van der Waals surface area contributed by atoms with Gasteiger partial charge in [0.1, 0.15) is 5.82 Å². The molecular weight excluding hydrogens is 314 g/mol. The molecule has 3 nitrogen and oxygen atoms in total. The standard InChI is InChI=1S/C16H13F4NO2/c1-8-2-3-11(17)10(4-8)16(23)21-14(7-22)9-5-12(18)15(20)13(19)6-9/h2-6,14,22H,7H2,1H3,(H,21,23). The summed E-state index contributed by atoms with van der Waals surface area (Å²) in [5, 5.41) is 11.6. The van der Waals surface area contributed by atoms with Crippen molar-refractivity contribution in [1.82, 2.24) is 5.32 Å². The fourth-order valence-electron chi connectivity index (χ4n) is 2.06. The molecule has 0 aliphatic heterocycles. The van der Waals surface area contributed by atoms with Gasteiger partial charge in [0.2, 0.25) is 0 Å². The number of aliphatic hydroxyl groups excluding tert-OH is 1. The number of benzene rings is 2. The van der Waals surface area contributed by atoms with Crippen molar-refractivity contribution in [3.8, 4) is 0 Å². The summed E-state index contributed by atoms with van der Waals surface area (Å²) in [5.74, 6) is -6.19. The van der Waals surface area contributed by atoms with Gasteiger partial charge in [-0.1, -0.05) is 11.6 Å². The lowest BCUT2D eigenvalue weighted by Gasteiger charge is -2.17. The molecule has 7 heteroatoms. The van der Waals surface area contributed by atoms with Crippen molar-refractivity contribution in [3.63, 3.8) is 0 Å². The third-order valence-electron chi connectivity index (χ3n) is 3.26. The molecule has 0 heterocycles. The third kappa shape index (κ3) is 3.68. The Balaban J connectivity index is 2.29. The van der Waals surface area contributed by atoms with E-state index in [1.807, 2.05) is 0 Å². The van der Waals surface area contributed by atoms with Crippen LogP contribution in [0.3, 0.4) is 0 Å². The van der Waals surface area contributed by atoms with E-state index in [-0.39, 0.29) is 11.1 Å². The predicted molar refractivity (Wildman–Crippen MR) is 74.7 cm³/mol. The molecule has 0 saturated heterocycles. The number of aliphatic hydroxyl groups is 1. The van der Waals surface area contributed by atoms with Crippen LogP contribution in [0.2, 0.25) is 0 Å². The van der Waals surface area contributed by atoms with Gasteiger partial charge in [0.25, 0.3) is 5.91 Å². The Morgan fingerprint density at radius 2 is 1.70 bits per heavy atom. The lowest BCUT2D eigenvalue weighted by atomic mass is 10.1. The van der Waals surface area contributed by atoms with E-state index >= 15 is 0 Å². The molecule has 2 aromatic carbocycles. The number of carbonyl (C=O) groups is 1. The van der Waals surface area contributed by atoms with Crippen molar-refractivity contribution in [2.45, 2.75) is 13.0 Å². The van der Waals surface area contributed by atoms with Gasteiger partial charge in [-0.05, 0) is 36.8 Å². The van der Waals surface area contributed by atoms with Crippen molar-refractivity contribution in [1.29, 1.82) is 0 Å². The summed E-state index contributed by atoms with van der Waals surface area (Å²) in [7, 11) is 0. The first-order valence-corrected chi connectivity index (χ1v) is 6.65. The number of nitrogens with one attached hydrogen (secondary N) is 1. The molecule has 0 aliphatic carbocycles. The van der Waals surface area contributed by atoms with Crippen molar-refractivity contribution < 1.29 is 27.5 Å². The van der Waals surface area contributed by atoms with Crippen molar-refractivity contribution >= 4 is 5.91 Å². The van der Waals surface area contributed by atoms with Crippen LogP contribution >= 0.6 is 0 Å². The molecule has 122 valence electrons. The molecule has 0 bridgehead atoms. The van der Waals surface area contributed by atoms with E-state index in [1.54, 1.807) is 6.92 Å². The van der Waals surface area contributed by atoms with E-state index in [0.29, 0.717) is 17.7 Å². The summed E-state index contributed by atoms with van der Waals surface area (Å²) >= 11 is 0. The number of hydrogen-bond acceptors (Lipinski definition) is 2. The zero-order valence-electron chi connectivity index (χ0n) is 12.0. The normalized spacial score (nSPS) is 12.1. The van der Waals surface area contributed by atoms with E-state index in [9.17, 15) is 27.5 Å². The summed E-state index contributed by atoms with van der Waals surface area (Å²) in [6.07, 6.45) is 0. The van der Waals surface area contributed by atoms with Crippen molar-refractivity contribution in [2.75, 3.05) is 6.61 Å². The van der Waals surface area contributed by atoms with E-state index in [2.05, 4.69) is 5.32 Å². The van der Waals surface area contributed by atoms with Crippen LogP contribution in [-0.4, -0.2) is 17.6 Å². The van der Waals surface area contributed by atoms with E-state index in [4.69, 9.17) is 0 Å². The molecule has 0 fully saturated rings. The fourth-order valence-corrected chi connectivity index (χ4v) is 2.06. The number of amides is 1. The molecule has 2 N–H and O–H groups in total. The molecule has 1 unspecified atom stereocenters. The fraction of sp³-hybridized carbons (Fsp3) is 0.188. The first-order chi connectivity index (χ1) is 10.8. The van der Waals surface area contributed by atoms with Crippen molar-refractivity contribution in [2.24, 2.45) is 0 Å². The molecule has 0 aliphatic rings. The molecule has 1 atom stereocenters. The Hall–Kier alpha value is -2.41. The summed E-state index contributed by atoms with van der Waals surface area (Å²) in [5.41, 5.74) is 0.188. The largest absolute Gasteiger partial charge is 0.394 e. The van der Waals surface area contributed by atoms with E-state index in [1.165, 1.54) is 12.1 Å². The molecular formula is C16H13F4NO2. The van der Waals surface area contributed by atoms with Crippen LogP contribution in [0.4, 0.5) is 17.6 Å². The van der Waals surface area contributed by atoms with Gasteiger partial charge in [-0.25, -0.2) is 17.6 Å². The average Bonchev–Trinajstić information content (AvgIpc) is 2.51. The molecule has 2 rings (SSSR count). The minimum atomic E-state index is -1.65. The monoisotopic (exact) mass is 327 g/mol. The van der Waals surface area contributed by atoms with Gasteiger partial charge in [0.15, 0.2) is 17.5 Å². The number of rotatable bonds is 4. The van der Waals surface area contributed by atoms with Gasteiger partial charge in [-0.15, -0.1) is 0 Å². The highest BCUT2D eigenvalue weighted by atomic mass is 19.2. The summed E-state index contributed by atoms with van der Waals surface area (Å²) in [6, 6.07) is 3.98. The molecule has 0 saturated carbocycles. The smallest absolute Gasteiger partial charge is 0.254 e. The molecule has 0 spiro atoms. The van der Waals surface area contributed by atoms with Crippen LogP contribution in [0, 0.1) is 30.2 Å². The Labute approximate surface area is 129 Å². The average molecular weight is 327 g/mol. The summed E-state index contributed by atoms with van der Waals surface area (Å²) in [6.45, 7) is 0.953. The lowest BCUT2D eigenvalue weighted by molar-refractivity contribution is 0.0911. The van der Waals surface area contributed by atoms with Crippen LogP contribution in [0.25, 0.3) is 0 Å². The molecule has 2 aromatic rings. The zero-order chi connectivity index (χ0) is 17.1. The second-order valence-electron chi connectivity index (χ2n) is 4.99. The topological polar surface area (TPSA) is 49.3 Å². The highest BCUT2D eigenvalue weighted by Gasteiger charge is 2.21. The summed E-state index contributed by atoms with van der Waals surface area (Å²) in [4.78, 5) is 12.1. The van der Waals surface area contributed by atoms with E-state index < -0.39 is 41.8 Å². The minimum absolute atomic E-state index is 0.176. The third-order valence-corrected chi connectivity index (χ3v) is 3.26. The van der Waals surface area contributed by atoms with Gasteiger partial charge < -0.3 is 10.4 Å². The Morgan fingerprint density at radius 1 is 1.09 bits per heavy atom. The maximum Gasteiger partial charge on any atom is 0.254 e. The van der Waals surface area contributed by atoms with Crippen LogP contribution < -0.4 is 5.32 Å². The van der Waals surface area contributed by atoms with Crippen LogP contribution in [-0.2, 0) is 0 Å². The SMILES string of the molecule is Cc1ccc(F)c(C(=O)NC(CO)c2cc(F)c(F)c(F)c2)c1. The van der Waals surface area contributed by atoms with E-state index in [0.717, 1.165) is 6.07 Å². The van der Waals surface area contributed by atoms with Crippen molar-refractivity contribution in [3.05, 3.63) is 70.3 Å². The highest BCUT2D eigenvalue weighted by molar-refractivity contribution is 5.94.